The van der Waals surface area contributed by atoms with Gasteiger partial charge in [0.25, 0.3) is 5.91 Å². The first-order valence-electron chi connectivity index (χ1n) is 11.1. The number of esters is 1. The third kappa shape index (κ3) is 5.25. The highest BCUT2D eigenvalue weighted by atomic mass is 79.9. The largest absolute Gasteiger partial charge is 0.465 e. The highest BCUT2D eigenvalue weighted by Gasteiger charge is 2.46. The summed E-state index contributed by atoms with van der Waals surface area (Å²) in [6, 6.07) is 20.1. The normalized spacial score (nSPS) is 16.0. The number of methoxy groups -OCH3 is 1. The van der Waals surface area contributed by atoms with Crippen LogP contribution in [-0.2, 0) is 30.8 Å². The molecule has 0 aliphatic carbocycles. The Morgan fingerprint density at radius 2 is 1.64 bits per heavy atom. The highest BCUT2D eigenvalue weighted by molar-refractivity contribution is 9.10. The van der Waals surface area contributed by atoms with E-state index < -0.39 is 33.8 Å². The summed E-state index contributed by atoms with van der Waals surface area (Å²) < 4.78 is 33.9. The Bertz CT molecular complexity index is 1380. The lowest BCUT2D eigenvalue weighted by Crippen LogP contribution is -2.46. The van der Waals surface area contributed by atoms with Crippen LogP contribution in [0.2, 0.25) is 0 Å². The second kappa shape index (κ2) is 10.7. The molecule has 186 valence electrons. The Morgan fingerprint density at radius 3 is 2.25 bits per heavy atom. The van der Waals surface area contributed by atoms with Gasteiger partial charge in [-0.15, -0.1) is 0 Å². The Hall–Kier alpha value is -3.34. The minimum Gasteiger partial charge on any atom is -0.465 e. The SMILES string of the molecule is COC(=O)c1ccc(N2C(=O)CC(N(CCc3ccccc3)S(=O)(=O)c3ccc(Br)cc3)C2=O)cc1. The number of sulfonamides is 1. The Morgan fingerprint density at radius 1 is 1.00 bits per heavy atom. The Balaban J connectivity index is 1.66. The van der Waals surface area contributed by atoms with E-state index in [0.717, 1.165) is 14.8 Å². The maximum absolute atomic E-state index is 13.7. The van der Waals surface area contributed by atoms with E-state index in [1.807, 2.05) is 30.3 Å². The molecule has 0 saturated carbocycles. The standard InChI is InChI=1S/C26H23BrN2O6S/c1-35-26(32)19-7-11-21(12-8-19)29-24(30)17-23(25(29)31)28(16-15-18-5-3-2-4-6-18)36(33,34)22-13-9-20(27)10-14-22/h2-14,23H,15-17H2,1H3. The topological polar surface area (TPSA) is 101 Å². The van der Waals surface area contributed by atoms with Crippen molar-refractivity contribution in [2.24, 2.45) is 0 Å². The smallest absolute Gasteiger partial charge is 0.337 e. The summed E-state index contributed by atoms with van der Waals surface area (Å²) in [7, 11) is -2.85. The number of rotatable bonds is 8. The molecule has 3 aromatic rings. The van der Waals surface area contributed by atoms with E-state index in [9.17, 15) is 22.8 Å². The highest BCUT2D eigenvalue weighted by Crippen LogP contribution is 2.30. The van der Waals surface area contributed by atoms with Crippen molar-refractivity contribution >= 4 is 49.4 Å². The summed E-state index contributed by atoms with van der Waals surface area (Å²) in [6.45, 7) is 0.0151. The average molecular weight is 571 g/mol. The lowest BCUT2D eigenvalue weighted by molar-refractivity contribution is -0.122. The first-order valence-corrected chi connectivity index (χ1v) is 13.3. The van der Waals surface area contributed by atoms with E-state index in [2.05, 4.69) is 20.7 Å². The molecule has 1 heterocycles. The van der Waals surface area contributed by atoms with Gasteiger partial charge in [-0.2, -0.15) is 4.31 Å². The number of ether oxygens (including phenoxy) is 1. The molecule has 8 nitrogen and oxygen atoms in total. The van der Waals surface area contributed by atoms with E-state index in [-0.39, 0.29) is 29.1 Å². The molecule has 1 fully saturated rings. The second-order valence-corrected chi connectivity index (χ2v) is 10.9. The fourth-order valence-corrected chi connectivity index (χ4v) is 5.89. The third-order valence-electron chi connectivity index (χ3n) is 5.90. The molecule has 0 bridgehead atoms. The van der Waals surface area contributed by atoms with Crippen LogP contribution in [0.4, 0.5) is 5.69 Å². The zero-order valence-corrected chi connectivity index (χ0v) is 21.7. The maximum Gasteiger partial charge on any atom is 0.337 e. The maximum atomic E-state index is 13.7. The summed E-state index contributed by atoms with van der Waals surface area (Å²) in [5, 5.41) is 0. The average Bonchev–Trinajstić information content (AvgIpc) is 3.17. The zero-order chi connectivity index (χ0) is 25.9. The number of carbonyl (C=O) groups excluding carboxylic acids is 3. The molecule has 3 aromatic carbocycles. The predicted molar refractivity (Wildman–Crippen MR) is 137 cm³/mol. The van der Waals surface area contributed by atoms with E-state index in [0.29, 0.717) is 10.9 Å². The van der Waals surface area contributed by atoms with Gasteiger partial charge in [-0.3, -0.25) is 9.59 Å². The van der Waals surface area contributed by atoms with Gasteiger partial charge in [0, 0.05) is 11.0 Å². The van der Waals surface area contributed by atoms with Gasteiger partial charge in [0.05, 0.1) is 29.7 Å². The van der Waals surface area contributed by atoms with Crippen LogP contribution in [0.15, 0.2) is 88.2 Å². The summed E-state index contributed by atoms with van der Waals surface area (Å²) >= 11 is 3.30. The summed E-state index contributed by atoms with van der Waals surface area (Å²) in [5.41, 5.74) is 1.42. The van der Waals surface area contributed by atoms with Crippen LogP contribution in [0.3, 0.4) is 0 Å². The molecule has 1 atom stereocenters. The predicted octanol–water partition coefficient (Wildman–Crippen LogP) is 3.80. The molecule has 0 spiro atoms. The number of benzene rings is 3. The van der Waals surface area contributed by atoms with Gasteiger partial charge in [0.15, 0.2) is 0 Å². The molecule has 0 N–H and O–H groups in total. The van der Waals surface area contributed by atoms with Crippen molar-refractivity contribution < 1.29 is 27.5 Å². The summed E-state index contributed by atoms with van der Waals surface area (Å²) in [6.07, 6.45) is 0.0739. The minimum absolute atomic E-state index is 0.0151. The lowest BCUT2D eigenvalue weighted by Gasteiger charge is -2.27. The van der Waals surface area contributed by atoms with Gasteiger partial charge >= 0.3 is 5.97 Å². The number of carbonyl (C=O) groups is 3. The van der Waals surface area contributed by atoms with E-state index in [1.165, 1.54) is 43.5 Å². The fourth-order valence-electron chi connectivity index (χ4n) is 4.05. The summed E-state index contributed by atoms with van der Waals surface area (Å²) in [4.78, 5) is 39.1. The molecule has 4 rings (SSSR count). The van der Waals surface area contributed by atoms with Gasteiger partial charge in [-0.1, -0.05) is 46.3 Å². The monoisotopic (exact) mass is 570 g/mol. The molecule has 0 aromatic heterocycles. The van der Waals surface area contributed by atoms with Gasteiger partial charge in [0.1, 0.15) is 6.04 Å². The summed E-state index contributed by atoms with van der Waals surface area (Å²) in [5.74, 6) is -1.71. The third-order valence-corrected chi connectivity index (χ3v) is 8.35. The van der Waals surface area contributed by atoms with Crippen molar-refractivity contribution in [3.63, 3.8) is 0 Å². The van der Waals surface area contributed by atoms with Crippen molar-refractivity contribution in [2.45, 2.75) is 23.8 Å². The molecular formula is C26H23BrN2O6S. The van der Waals surface area contributed by atoms with Crippen molar-refractivity contribution in [2.75, 3.05) is 18.6 Å². The van der Waals surface area contributed by atoms with Crippen molar-refractivity contribution in [1.29, 1.82) is 0 Å². The van der Waals surface area contributed by atoms with Crippen LogP contribution in [0.1, 0.15) is 22.3 Å². The van der Waals surface area contributed by atoms with E-state index in [1.54, 1.807) is 12.1 Å². The molecule has 10 heteroatoms. The number of anilines is 1. The molecule has 1 aliphatic heterocycles. The van der Waals surface area contributed by atoms with Crippen LogP contribution >= 0.6 is 15.9 Å². The molecule has 1 unspecified atom stereocenters. The van der Waals surface area contributed by atoms with E-state index >= 15 is 0 Å². The number of imide groups is 1. The van der Waals surface area contributed by atoms with Crippen LogP contribution in [0.25, 0.3) is 0 Å². The number of nitrogens with zero attached hydrogens (tertiary/aromatic N) is 2. The van der Waals surface area contributed by atoms with Crippen LogP contribution in [-0.4, -0.2) is 50.2 Å². The van der Waals surface area contributed by atoms with E-state index in [4.69, 9.17) is 0 Å². The van der Waals surface area contributed by atoms with Gasteiger partial charge in [-0.25, -0.2) is 18.1 Å². The number of hydrogen-bond donors (Lipinski definition) is 0. The zero-order valence-electron chi connectivity index (χ0n) is 19.3. The van der Waals surface area contributed by atoms with Crippen molar-refractivity contribution in [3.05, 3.63) is 94.5 Å². The Kier molecular flexibility index (Phi) is 7.67. The van der Waals surface area contributed by atoms with Crippen molar-refractivity contribution in [3.8, 4) is 0 Å². The molecule has 1 saturated heterocycles. The molecule has 1 aliphatic rings. The molecule has 36 heavy (non-hydrogen) atoms. The second-order valence-electron chi connectivity index (χ2n) is 8.13. The lowest BCUT2D eigenvalue weighted by atomic mass is 10.1. The first-order chi connectivity index (χ1) is 17.2. The Labute approximate surface area is 217 Å². The molecular weight excluding hydrogens is 548 g/mol. The quantitative estimate of drug-likeness (QED) is 0.301. The van der Waals surface area contributed by atoms with Gasteiger partial charge in [0.2, 0.25) is 15.9 Å². The number of amides is 2. The minimum atomic E-state index is -4.10. The number of hydrogen-bond acceptors (Lipinski definition) is 6. The van der Waals surface area contributed by atoms with Crippen LogP contribution in [0.5, 0.6) is 0 Å². The molecule has 2 amide bonds. The van der Waals surface area contributed by atoms with Crippen LogP contribution < -0.4 is 4.90 Å². The van der Waals surface area contributed by atoms with Crippen molar-refractivity contribution in [1.82, 2.24) is 4.31 Å². The van der Waals surface area contributed by atoms with Crippen LogP contribution in [0, 0.1) is 0 Å². The fraction of sp³-hybridized carbons (Fsp3) is 0.192. The number of halogens is 1. The van der Waals surface area contributed by atoms with Gasteiger partial charge < -0.3 is 4.74 Å². The van der Waals surface area contributed by atoms with Gasteiger partial charge in [-0.05, 0) is 60.5 Å². The molecule has 0 radical (unpaired) electrons. The first kappa shape index (κ1) is 25.7.